The van der Waals surface area contributed by atoms with E-state index >= 15 is 0 Å². The van der Waals surface area contributed by atoms with E-state index in [9.17, 15) is 13.2 Å². The first-order chi connectivity index (χ1) is 6.53. The van der Waals surface area contributed by atoms with E-state index in [1.807, 2.05) is 0 Å². The Morgan fingerprint density at radius 3 is 2.00 bits per heavy atom. The molecule has 0 aromatic heterocycles. The summed E-state index contributed by atoms with van der Waals surface area (Å²) in [6.45, 7) is 0.596. The Hall–Kier alpha value is -1.07. The van der Waals surface area contributed by atoms with Crippen LogP contribution in [0.15, 0.2) is 12.1 Å². The van der Waals surface area contributed by atoms with Gasteiger partial charge in [0.25, 0.3) is 0 Å². The van der Waals surface area contributed by atoms with E-state index in [2.05, 4.69) is 5.32 Å². The van der Waals surface area contributed by atoms with Crippen molar-refractivity contribution in [3.63, 3.8) is 0 Å². The van der Waals surface area contributed by atoms with Gasteiger partial charge in [0.05, 0.1) is 5.54 Å². The maximum Gasteiger partial charge on any atom is 0.134 e. The summed E-state index contributed by atoms with van der Waals surface area (Å²) in [6.07, 6.45) is 0. The van der Waals surface area contributed by atoms with E-state index in [-0.39, 0.29) is 5.56 Å². The topological polar surface area (TPSA) is 38.0 Å². The van der Waals surface area contributed by atoms with Gasteiger partial charge in [-0.2, -0.15) is 0 Å². The number of benzene rings is 1. The molecule has 1 aromatic rings. The number of nitrogens with two attached hydrogens (primary N) is 1. The summed E-state index contributed by atoms with van der Waals surface area (Å²) in [6, 6.07) is 1.29. The SMILES string of the molecule is NC1(c2c(F)cc(F)cc2F)CNC1. The van der Waals surface area contributed by atoms with Crippen molar-refractivity contribution in [2.24, 2.45) is 5.73 Å². The van der Waals surface area contributed by atoms with Crippen LogP contribution in [0.5, 0.6) is 0 Å². The van der Waals surface area contributed by atoms with Crippen LogP contribution in [0.3, 0.4) is 0 Å². The Kier molecular flexibility index (Phi) is 2.01. The lowest BCUT2D eigenvalue weighted by Gasteiger charge is -2.39. The van der Waals surface area contributed by atoms with E-state index in [0.717, 1.165) is 0 Å². The fraction of sp³-hybridized carbons (Fsp3) is 0.333. The zero-order valence-electron chi connectivity index (χ0n) is 7.28. The normalized spacial score (nSPS) is 19.1. The Morgan fingerprint density at radius 1 is 1.14 bits per heavy atom. The highest BCUT2D eigenvalue weighted by Gasteiger charge is 2.39. The fourth-order valence-corrected chi connectivity index (χ4v) is 1.59. The second-order valence-electron chi connectivity index (χ2n) is 3.50. The first-order valence-electron chi connectivity index (χ1n) is 4.17. The third-order valence-corrected chi connectivity index (χ3v) is 2.39. The minimum absolute atomic E-state index is 0.238. The van der Waals surface area contributed by atoms with Crippen LogP contribution in [0.2, 0.25) is 0 Å². The third kappa shape index (κ3) is 1.29. The molecule has 3 N–H and O–H groups in total. The molecule has 1 fully saturated rings. The van der Waals surface area contributed by atoms with Crippen LogP contribution >= 0.6 is 0 Å². The van der Waals surface area contributed by atoms with Gasteiger partial charge in [-0.05, 0) is 0 Å². The maximum absolute atomic E-state index is 13.2. The molecule has 2 rings (SSSR count). The highest BCUT2D eigenvalue weighted by atomic mass is 19.1. The van der Waals surface area contributed by atoms with Gasteiger partial charge < -0.3 is 11.1 Å². The van der Waals surface area contributed by atoms with Crippen LogP contribution in [0.4, 0.5) is 13.2 Å². The molecule has 0 bridgehead atoms. The summed E-state index contributed by atoms with van der Waals surface area (Å²) in [4.78, 5) is 0. The Balaban J connectivity index is 2.52. The minimum Gasteiger partial charge on any atom is -0.319 e. The molecular formula is C9H9F3N2. The molecule has 1 heterocycles. The van der Waals surface area contributed by atoms with Gasteiger partial charge in [0.2, 0.25) is 0 Å². The molecule has 5 heteroatoms. The molecule has 2 nitrogen and oxygen atoms in total. The molecule has 0 saturated carbocycles. The van der Waals surface area contributed by atoms with Gasteiger partial charge in [-0.1, -0.05) is 0 Å². The van der Waals surface area contributed by atoms with Crippen LogP contribution in [-0.2, 0) is 5.54 Å². The van der Waals surface area contributed by atoms with Crippen LogP contribution in [0.1, 0.15) is 5.56 Å². The number of hydrogen-bond donors (Lipinski definition) is 2. The second kappa shape index (κ2) is 2.96. The smallest absolute Gasteiger partial charge is 0.134 e. The van der Waals surface area contributed by atoms with Gasteiger partial charge >= 0.3 is 0 Å². The zero-order chi connectivity index (χ0) is 10.3. The summed E-state index contributed by atoms with van der Waals surface area (Å²) in [7, 11) is 0. The number of nitrogens with one attached hydrogen (secondary N) is 1. The van der Waals surface area contributed by atoms with Crippen LogP contribution < -0.4 is 11.1 Å². The van der Waals surface area contributed by atoms with Crippen molar-refractivity contribution in [2.45, 2.75) is 5.54 Å². The molecule has 0 atom stereocenters. The lowest BCUT2D eigenvalue weighted by Crippen LogP contribution is -2.63. The molecule has 0 aliphatic carbocycles. The molecule has 0 unspecified atom stereocenters. The van der Waals surface area contributed by atoms with Crippen molar-refractivity contribution >= 4 is 0 Å². The molecule has 0 radical (unpaired) electrons. The van der Waals surface area contributed by atoms with Crippen LogP contribution in [-0.4, -0.2) is 13.1 Å². The summed E-state index contributed by atoms with van der Waals surface area (Å²) in [5.74, 6) is -2.78. The van der Waals surface area contributed by atoms with Crippen molar-refractivity contribution in [1.29, 1.82) is 0 Å². The summed E-state index contributed by atoms with van der Waals surface area (Å²) in [5, 5.41) is 2.82. The number of hydrogen-bond acceptors (Lipinski definition) is 2. The predicted octanol–water partition coefficient (Wildman–Crippen LogP) is 0.861. The molecule has 0 amide bonds. The Morgan fingerprint density at radius 2 is 1.64 bits per heavy atom. The number of rotatable bonds is 1. The average molecular weight is 202 g/mol. The minimum atomic E-state index is -1.04. The monoisotopic (exact) mass is 202 g/mol. The summed E-state index contributed by atoms with van der Waals surface area (Å²) < 4.78 is 39.1. The fourth-order valence-electron chi connectivity index (χ4n) is 1.59. The summed E-state index contributed by atoms with van der Waals surface area (Å²) in [5.41, 5.74) is 4.43. The first kappa shape index (κ1) is 9.48. The molecule has 0 spiro atoms. The van der Waals surface area contributed by atoms with Gasteiger partial charge in [0.1, 0.15) is 17.5 Å². The average Bonchev–Trinajstić information content (AvgIpc) is 1.99. The Labute approximate surface area is 78.9 Å². The van der Waals surface area contributed by atoms with E-state index in [4.69, 9.17) is 5.73 Å². The number of halogens is 3. The zero-order valence-corrected chi connectivity index (χ0v) is 7.28. The molecular weight excluding hydrogens is 193 g/mol. The van der Waals surface area contributed by atoms with E-state index in [0.29, 0.717) is 25.2 Å². The quantitative estimate of drug-likeness (QED) is 0.708. The van der Waals surface area contributed by atoms with Gasteiger partial charge in [0, 0.05) is 30.8 Å². The molecule has 1 aliphatic rings. The molecule has 1 aliphatic heterocycles. The highest BCUT2D eigenvalue weighted by molar-refractivity contribution is 5.31. The molecule has 1 saturated heterocycles. The molecule has 76 valence electrons. The lowest BCUT2D eigenvalue weighted by atomic mass is 9.84. The maximum atomic E-state index is 13.2. The largest absolute Gasteiger partial charge is 0.319 e. The molecule has 14 heavy (non-hydrogen) atoms. The van der Waals surface area contributed by atoms with E-state index < -0.39 is 23.0 Å². The highest BCUT2D eigenvalue weighted by Crippen LogP contribution is 2.28. The van der Waals surface area contributed by atoms with Crippen molar-refractivity contribution in [2.75, 3.05) is 13.1 Å². The van der Waals surface area contributed by atoms with Gasteiger partial charge in [-0.25, -0.2) is 13.2 Å². The van der Waals surface area contributed by atoms with Crippen molar-refractivity contribution in [3.8, 4) is 0 Å². The van der Waals surface area contributed by atoms with Crippen molar-refractivity contribution < 1.29 is 13.2 Å². The van der Waals surface area contributed by atoms with E-state index in [1.165, 1.54) is 0 Å². The van der Waals surface area contributed by atoms with Gasteiger partial charge in [0.15, 0.2) is 0 Å². The van der Waals surface area contributed by atoms with Crippen molar-refractivity contribution in [1.82, 2.24) is 5.32 Å². The summed E-state index contributed by atoms with van der Waals surface area (Å²) >= 11 is 0. The van der Waals surface area contributed by atoms with Crippen molar-refractivity contribution in [3.05, 3.63) is 35.1 Å². The second-order valence-corrected chi connectivity index (χ2v) is 3.50. The van der Waals surface area contributed by atoms with Crippen LogP contribution in [0.25, 0.3) is 0 Å². The molecule has 1 aromatic carbocycles. The third-order valence-electron chi connectivity index (χ3n) is 2.39. The Bertz CT molecular complexity index is 351. The van der Waals surface area contributed by atoms with Gasteiger partial charge in [-0.3, -0.25) is 0 Å². The van der Waals surface area contributed by atoms with Gasteiger partial charge in [-0.15, -0.1) is 0 Å². The lowest BCUT2D eigenvalue weighted by molar-refractivity contribution is 0.266. The van der Waals surface area contributed by atoms with Crippen LogP contribution in [0, 0.1) is 17.5 Å². The van der Waals surface area contributed by atoms with E-state index in [1.54, 1.807) is 0 Å². The predicted molar refractivity (Wildman–Crippen MR) is 45.1 cm³/mol. The standard InChI is InChI=1S/C9H9F3N2/c10-5-1-6(11)8(7(12)2-5)9(13)3-14-4-9/h1-2,14H,3-4,13H2. The first-order valence-corrected chi connectivity index (χ1v) is 4.17.